The molecule has 3 amide bonds. The third-order valence-electron chi connectivity index (χ3n) is 6.31. The van der Waals surface area contributed by atoms with E-state index in [1.54, 1.807) is 42.4 Å². The van der Waals surface area contributed by atoms with Crippen LogP contribution in [0.4, 0.5) is 31.6 Å². The molecule has 0 bridgehead atoms. The molecule has 2 aliphatic heterocycles. The lowest BCUT2D eigenvalue weighted by Gasteiger charge is -2.39. The maximum absolute atomic E-state index is 14.8. The smallest absolute Gasteiger partial charge is 0.413 e. The quantitative estimate of drug-likeness (QED) is 0.663. The number of hydrogen-bond acceptors (Lipinski definition) is 8. The highest BCUT2D eigenvalue weighted by Crippen LogP contribution is 2.23. The van der Waals surface area contributed by atoms with Gasteiger partial charge < -0.3 is 19.4 Å². The number of pyridine rings is 1. The number of ether oxygens (including phenoxy) is 1. The number of halogens is 1. The predicted molar refractivity (Wildman–Crippen MR) is 129 cm³/mol. The molecule has 0 aliphatic carbocycles. The van der Waals surface area contributed by atoms with Gasteiger partial charge in [-0.25, -0.2) is 23.9 Å². The van der Waals surface area contributed by atoms with Crippen molar-refractivity contribution in [2.75, 3.05) is 55.8 Å². The summed E-state index contributed by atoms with van der Waals surface area (Å²) in [6.45, 7) is 2.36. The maximum Gasteiger partial charge on any atom is 0.413 e. The minimum absolute atomic E-state index is 0.121. The SMILES string of the molecule is CN1CCC(OC(=O)Nc2ccnc(N3CC[C@@H](F)[C@@H](N(C)C(=O)Nc4ccccn4)C3)n2)CC1. The lowest BCUT2D eigenvalue weighted by Crippen LogP contribution is -2.55. The molecular formula is C23H31FN8O3. The summed E-state index contributed by atoms with van der Waals surface area (Å²) in [5, 5.41) is 5.34. The van der Waals surface area contributed by atoms with Crippen molar-refractivity contribution in [3.63, 3.8) is 0 Å². The first kappa shape index (κ1) is 24.6. The first-order valence-corrected chi connectivity index (χ1v) is 11.7. The largest absolute Gasteiger partial charge is 0.446 e. The summed E-state index contributed by atoms with van der Waals surface area (Å²) in [6.07, 6.45) is 3.02. The molecule has 0 unspecified atom stereocenters. The first-order valence-electron chi connectivity index (χ1n) is 11.7. The summed E-state index contributed by atoms with van der Waals surface area (Å²) in [6, 6.07) is 5.58. The minimum atomic E-state index is -1.20. The van der Waals surface area contributed by atoms with E-state index in [4.69, 9.17) is 4.74 Å². The molecule has 0 radical (unpaired) electrons. The molecule has 35 heavy (non-hydrogen) atoms. The highest BCUT2D eigenvalue weighted by Gasteiger charge is 2.35. The topological polar surface area (TPSA) is 116 Å². The van der Waals surface area contributed by atoms with Crippen LogP contribution in [0, 0.1) is 0 Å². The van der Waals surface area contributed by atoms with Gasteiger partial charge >= 0.3 is 12.1 Å². The number of nitrogens with one attached hydrogen (secondary N) is 2. The van der Waals surface area contributed by atoms with Gasteiger partial charge in [0.2, 0.25) is 5.95 Å². The number of alkyl halides is 1. The van der Waals surface area contributed by atoms with Crippen LogP contribution in [0.25, 0.3) is 0 Å². The Hall–Kier alpha value is -3.54. The highest BCUT2D eigenvalue weighted by atomic mass is 19.1. The number of amides is 3. The molecule has 0 saturated carbocycles. The Morgan fingerprint density at radius 3 is 2.60 bits per heavy atom. The Bertz CT molecular complexity index is 1010. The van der Waals surface area contributed by atoms with Crippen LogP contribution < -0.4 is 15.5 Å². The molecule has 2 saturated heterocycles. The fraction of sp³-hybridized carbons (Fsp3) is 0.522. The third kappa shape index (κ3) is 6.53. The molecule has 0 spiro atoms. The molecule has 188 valence electrons. The van der Waals surface area contributed by atoms with E-state index < -0.39 is 24.3 Å². The standard InChI is InChI=1S/C23H31FN8O3/c1-30-12-7-16(8-13-30)35-23(34)29-20-6-11-26-21(27-20)32-14-9-17(24)18(15-32)31(2)22(33)28-19-5-3-4-10-25-19/h3-6,10-11,16-18H,7-9,12-15H2,1-2H3,(H,25,28,33)(H,26,27,29,34)/t17-,18+/m1/s1. The zero-order chi connectivity index (χ0) is 24.8. The number of rotatable bonds is 5. The number of likely N-dealkylation sites (tertiary alicyclic amines) is 1. The second kappa shape index (κ2) is 11.3. The van der Waals surface area contributed by atoms with E-state index >= 15 is 0 Å². The van der Waals surface area contributed by atoms with E-state index in [0.29, 0.717) is 24.1 Å². The molecule has 0 aromatic carbocycles. The molecule has 11 nitrogen and oxygen atoms in total. The number of anilines is 3. The monoisotopic (exact) mass is 486 g/mol. The van der Waals surface area contributed by atoms with Crippen molar-refractivity contribution in [1.82, 2.24) is 24.8 Å². The zero-order valence-electron chi connectivity index (χ0n) is 19.9. The molecule has 2 atom stereocenters. The summed E-state index contributed by atoms with van der Waals surface area (Å²) in [7, 11) is 3.59. The van der Waals surface area contributed by atoms with Crippen LogP contribution in [-0.4, -0.2) is 95.5 Å². The Morgan fingerprint density at radius 1 is 1.06 bits per heavy atom. The Labute approximate surface area is 203 Å². The molecule has 4 rings (SSSR count). The fourth-order valence-electron chi connectivity index (χ4n) is 4.19. The summed E-state index contributed by atoms with van der Waals surface area (Å²) in [4.78, 5) is 43.1. The normalized spacial score (nSPS) is 21.3. The van der Waals surface area contributed by atoms with Crippen LogP contribution >= 0.6 is 0 Å². The number of piperidine rings is 2. The Balaban J connectivity index is 1.35. The van der Waals surface area contributed by atoms with Gasteiger partial charge in [-0.05, 0) is 44.5 Å². The fourth-order valence-corrected chi connectivity index (χ4v) is 4.19. The van der Waals surface area contributed by atoms with Gasteiger partial charge in [0, 0.05) is 45.6 Å². The van der Waals surface area contributed by atoms with Crippen LogP contribution in [0.5, 0.6) is 0 Å². The van der Waals surface area contributed by atoms with Gasteiger partial charge in [-0.3, -0.25) is 10.6 Å². The van der Waals surface area contributed by atoms with Crippen LogP contribution in [0.15, 0.2) is 36.7 Å². The molecular weight excluding hydrogens is 455 g/mol. The van der Waals surface area contributed by atoms with Crippen molar-refractivity contribution in [2.45, 2.75) is 37.6 Å². The van der Waals surface area contributed by atoms with Crippen molar-refractivity contribution in [3.8, 4) is 0 Å². The molecule has 2 fully saturated rings. The number of likely N-dealkylation sites (N-methyl/N-ethyl adjacent to an activating group) is 1. The summed E-state index contributed by atoms with van der Waals surface area (Å²) >= 11 is 0. The number of aromatic nitrogens is 3. The Kier molecular flexibility index (Phi) is 7.91. The number of hydrogen-bond donors (Lipinski definition) is 2. The highest BCUT2D eigenvalue weighted by molar-refractivity contribution is 5.88. The predicted octanol–water partition coefficient (Wildman–Crippen LogP) is 2.60. The van der Waals surface area contributed by atoms with E-state index in [1.807, 2.05) is 7.05 Å². The molecule has 2 aromatic rings. The van der Waals surface area contributed by atoms with Crippen molar-refractivity contribution >= 4 is 29.7 Å². The van der Waals surface area contributed by atoms with Gasteiger partial charge in [0.05, 0.1) is 6.04 Å². The molecule has 12 heteroatoms. The third-order valence-corrected chi connectivity index (χ3v) is 6.31. The average Bonchev–Trinajstić information content (AvgIpc) is 2.86. The molecule has 2 N–H and O–H groups in total. The van der Waals surface area contributed by atoms with Crippen LogP contribution in [0.3, 0.4) is 0 Å². The molecule has 4 heterocycles. The lowest BCUT2D eigenvalue weighted by molar-refractivity contribution is 0.0661. The van der Waals surface area contributed by atoms with Gasteiger partial charge in [-0.1, -0.05) is 6.07 Å². The lowest BCUT2D eigenvalue weighted by atomic mass is 10.0. The second-order valence-electron chi connectivity index (χ2n) is 8.85. The average molecular weight is 487 g/mol. The van der Waals surface area contributed by atoms with E-state index in [0.717, 1.165) is 25.9 Å². The number of carbonyl (C=O) groups is 2. The van der Waals surface area contributed by atoms with E-state index in [1.165, 1.54) is 11.1 Å². The maximum atomic E-state index is 14.8. The summed E-state index contributed by atoms with van der Waals surface area (Å²) in [5.41, 5.74) is 0. The van der Waals surface area contributed by atoms with E-state index in [-0.39, 0.29) is 19.1 Å². The van der Waals surface area contributed by atoms with Crippen molar-refractivity contribution in [2.24, 2.45) is 0 Å². The van der Waals surface area contributed by atoms with Crippen molar-refractivity contribution in [3.05, 3.63) is 36.7 Å². The first-order chi connectivity index (χ1) is 16.9. The minimum Gasteiger partial charge on any atom is -0.446 e. The summed E-state index contributed by atoms with van der Waals surface area (Å²) < 4.78 is 20.3. The second-order valence-corrected chi connectivity index (χ2v) is 8.85. The molecule has 2 aliphatic rings. The zero-order valence-corrected chi connectivity index (χ0v) is 19.9. The van der Waals surface area contributed by atoms with Crippen molar-refractivity contribution in [1.29, 1.82) is 0 Å². The van der Waals surface area contributed by atoms with E-state index in [2.05, 4.69) is 30.5 Å². The van der Waals surface area contributed by atoms with Crippen LogP contribution in [-0.2, 0) is 4.74 Å². The van der Waals surface area contributed by atoms with Gasteiger partial charge in [0.25, 0.3) is 0 Å². The van der Waals surface area contributed by atoms with Crippen LogP contribution in [0.1, 0.15) is 19.3 Å². The number of carbonyl (C=O) groups excluding carboxylic acids is 2. The van der Waals surface area contributed by atoms with Gasteiger partial charge in [0.15, 0.2) is 0 Å². The Morgan fingerprint density at radius 2 is 1.86 bits per heavy atom. The number of nitrogens with zero attached hydrogens (tertiary/aromatic N) is 6. The van der Waals surface area contributed by atoms with E-state index in [9.17, 15) is 14.0 Å². The van der Waals surface area contributed by atoms with Crippen molar-refractivity contribution < 1.29 is 18.7 Å². The van der Waals surface area contributed by atoms with Gasteiger partial charge in [0.1, 0.15) is 23.9 Å². The van der Waals surface area contributed by atoms with Gasteiger partial charge in [-0.2, -0.15) is 4.98 Å². The van der Waals surface area contributed by atoms with Gasteiger partial charge in [-0.15, -0.1) is 0 Å². The molecule has 2 aromatic heterocycles. The van der Waals surface area contributed by atoms with Crippen LogP contribution in [0.2, 0.25) is 0 Å². The summed E-state index contributed by atoms with van der Waals surface area (Å²) in [5.74, 6) is 1.03. The number of urea groups is 1.